The van der Waals surface area contributed by atoms with Gasteiger partial charge in [-0.25, -0.2) is 0 Å². The second-order valence-corrected chi connectivity index (χ2v) is 5.11. The van der Waals surface area contributed by atoms with Gasteiger partial charge < -0.3 is 9.84 Å². The molecule has 0 saturated carbocycles. The summed E-state index contributed by atoms with van der Waals surface area (Å²) < 4.78 is 5.73. The van der Waals surface area contributed by atoms with Crippen LogP contribution >= 0.6 is 11.6 Å². The van der Waals surface area contributed by atoms with Gasteiger partial charge in [-0.05, 0) is 24.1 Å². The third-order valence-electron chi connectivity index (χ3n) is 3.43. The van der Waals surface area contributed by atoms with E-state index in [4.69, 9.17) is 16.3 Å². The lowest BCUT2D eigenvalue weighted by atomic mass is 10.1. The van der Waals surface area contributed by atoms with Gasteiger partial charge in [0.2, 0.25) is 0 Å². The molecule has 0 amide bonds. The Hall–Kier alpha value is -1.10. The lowest BCUT2D eigenvalue weighted by Crippen LogP contribution is -2.48. The standard InChI is InChI=1S/C14H18ClNO3/c1-2-12(14(17)18)16-6-7-19-13(9-16)10-4-3-5-11(15)8-10/h3-5,8,12-13H,2,6-7,9H2,1H3,(H,17,18). The Bertz CT molecular complexity index is 452. The zero-order valence-electron chi connectivity index (χ0n) is 10.9. The molecule has 1 N–H and O–H groups in total. The quantitative estimate of drug-likeness (QED) is 0.923. The summed E-state index contributed by atoms with van der Waals surface area (Å²) in [5.74, 6) is -0.769. The van der Waals surface area contributed by atoms with E-state index in [2.05, 4.69) is 0 Å². The molecule has 0 spiro atoms. The van der Waals surface area contributed by atoms with Crippen LogP contribution in [0.5, 0.6) is 0 Å². The van der Waals surface area contributed by atoms with Crippen LogP contribution in [-0.2, 0) is 9.53 Å². The van der Waals surface area contributed by atoms with Gasteiger partial charge in [0.05, 0.1) is 12.7 Å². The minimum absolute atomic E-state index is 0.110. The molecule has 5 heteroatoms. The van der Waals surface area contributed by atoms with Crippen LogP contribution in [0, 0.1) is 0 Å². The molecule has 1 aromatic rings. The summed E-state index contributed by atoms with van der Waals surface area (Å²) in [6.07, 6.45) is 0.485. The van der Waals surface area contributed by atoms with Crippen LogP contribution in [0.25, 0.3) is 0 Å². The van der Waals surface area contributed by atoms with E-state index < -0.39 is 12.0 Å². The number of halogens is 1. The molecular weight excluding hydrogens is 266 g/mol. The van der Waals surface area contributed by atoms with Gasteiger partial charge in [-0.3, -0.25) is 9.69 Å². The molecule has 0 bridgehead atoms. The number of nitrogens with zero attached hydrogens (tertiary/aromatic N) is 1. The van der Waals surface area contributed by atoms with Gasteiger partial charge in [0.25, 0.3) is 0 Å². The average Bonchev–Trinajstić information content (AvgIpc) is 2.39. The Kier molecular flexibility index (Phi) is 4.80. The number of aliphatic carboxylic acids is 1. The summed E-state index contributed by atoms with van der Waals surface area (Å²) in [5.41, 5.74) is 0.998. The summed E-state index contributed by atoms with van der Waals surface area (Å²) in [6.45, 7) is 3.68. The van der Waals surface area contributed by atoms with Gasteiger partial charge in [-0.2, -0.15) is 0 Å². The molecule has 1 fully saturated rings. The number of hydrogen-bond donors (Lipinski definition) is 1. The molecule has 2 rings (SSSR count). The smallest absolute Gasteiger partial charge is 0.320 e. The highest BCUT2D eigenvalue weighted by Crippen LogP contribution is 2.26. The van der Waals surface area contributed by atoms with Crippen molar-refractivity contribution < 1.29 is 14.6 Å². The van der Waals surface area contributed by atoms with E-state index in [0.29, 0.717) is 31.1 Å². The third kappa shape index (κ3) is 3.47. The molecule has 4 nitrogen and oxygen atoms in total. The van der Waals surface area contributed by atoms with Crippen molar-refractivity contribution in [3.63, 3.8) is 0 Å². The van der Waals surface area contributed by atoms with Crippen molar-refractivity contribution in [1.29, 1.82) is 0 Å². The van der Waals surface area contributed by atoms with Gasteiger partial charge in [-0.15, -0.1) is 0 Å². The summed E-state index contributed by atoms with van der Waals surface area (Å²) in [7, 11) is 0. The number of carboxylic acids is 1. The van der Waals surface area contributed by atoms with E-state index in [-0.39, 0.29) is 6.10 Å². The monoisotopic (exact) mass is 283 g/mol. The van der Waals surface area contributed by atoms with Crippen molar-refractivity contribution in [3.05, 3.63) is 34.9 Å². The molecule has 1 aliphatic heterocycles. The molecule has 0 aliphatic carbocycles. The topological polar surface area (TPSA) is 49.8 Å². The van der Waals surface area contributed by atoms with Gasteiger partial charge in [0, 0.05) is 18.1 Å². The Morgan fingerprint density at radius 2 is 2.42 bits per heavy atom. The fourth-order valence-electron chi connectivity index (χ4n) is 2.45. The minimum atomic E-state index is -0.769. The van der Waals surface area contributed by atoms with Crippen molar-refractivity contribution in [2.75, 3.05) is 19.7 Å². The van der Waals surface area contributed by atoms with E-state index in [9.17, 15) is 9.90 Å². The maximum atomic E-state index is 11.2. The Labute approximate surface area is 117 Å². The highest BCUT2D eigenvalue weighted by atomic mass is 35.5. The zero-order chi connectivity index (χ0) is 13.8. The second-order valence-electron chi connectivity index (χ2n) is 4.67. The van der Waals surface area contributed by atoms with E-state index >= 15 is 0 Å². The Morgan fingerprint density at radius 1 is 1.63 bits per heavy atom. The van der Waals surface area contributed by atoms with E-state index in [1.54, 1.807) is 0 Å². The van der Waals surface area contributed by atoms with Crippen LogP contribution in [0.15, 0.2) is 24.3 Å². The normalized spacial score (nSPS) is 22.1. The Balaban J connectivity index is 2.10. The van der Waals surface area contributed by atoms with Gasteiger partial charge in [-0.1, -0.05) is 30.7 Å². The fraction of sp³-hybridized carbons (Fsp3) is 0.500. The number of carboxylic acid groups (broad SMARTS) is 1. The average molecular weight is 284 g/mol. The molecule has 1 heterocycles. The maximum absolute atomic E-state index is 11.2. The van der Waals surface area contributed by atoms with Gasteiger partial charge >= 0.3 is 5.97 Å². The number of rotatable bonds is 4. The van der Waals surface area contributed by atoms with Crippen LogP contribution in [0.1, 0.15) is 25.0 Å². The molecule has 1 aliphatic rings. The highest BCUT2D eigenvalue weighted by molar-refractivity contribution is 6.30. The molecule has 2 unspecified atom stereocenters. The van der Waals surface area contributed by atoms with E-state index in [1.165, 1.54) is 0 Å². The van der Waals surface area contributed by atoms with Crippen LogP contribution in [0.3, 0.4) is 0 Å². The van der Waals surface area contributed by atoms with Crippen molar-refractivity contribution in [2.45, 2.75) is 25.5 Å². The molecule has 104 valence electrons. The number of carbonyl (C=O) groups is 1. The minimum Gasteiger partial charge on any atom is -0.480 e. The SMILES string of the molecule is CCC(C(=O)O)N1CCOC(c2cccc(Cl)c2)C1. The van der Waals surface area contributed by atoms with Gasteiger partial charge in [0.1, 0.15) is 6.04 Å². The molecule has 2 atom stereocenters. The predicted octanol–water partition coefficient (Wildman–Crippen LogP) is 2.58. The number of ether oxygens (including phenoxy) is 1. The third-order valence-corrected chi connectivity index (χ3v) is 3.67. The van der Waals surface area contributed by atoms with Gasteiger partial charge in [0.15, 0.2) is 0 Å². The summed E-state index contributed by atoms with van der Waals surface area (Å²) >= 11 is 5.98. The zero-order valence-corrected chi connectivity index (χ0v) is 11.6. The van der Waals surface area contributed by atoms with Crippen molar-refractivity contribution in [3.8, 4) is 0 Å². The van der Waals surface area contributed by atoms with E-state index in [1.807, 2.05) is 36.1 Å². The fourth-order valence-corrected chi connectivity index (χ4v) is 2.65. The van der Waals surface area contributed by atoms with Crippen LogP contribution in [-0.4, -0.2) is 41.7 Å². The summed E-state index contributed by atoms with van der Waals surface area (Å²) in [6, 6.07) is 7.09. The largest absolute Gasteiger partial charge is 0.480 e. The number of benzene rings is 1. The summed E-state index contributed by atoms with van der Waals surface area (Å²) in [4.78, 5) is 13.2. The maximum Gasteiger partial charge on any atom is 0.320 e. The van der Waals surface area contributed by atoms with Crippen LogP contribution < -0.4 is 0 Å². The second kappa shape index (κ2) is 6.37. The van der Waals surface area contributed by atoms with Crippen LogP contribution in [0.4, 0.5) is 0 Å². The number of hydrogen-bond acceptors (Lipinski definition) is 3. The molecule has 19 heavy (non-hydrogen) atoms. The Morgan fingerprint density at radius 3 is 3.05 bits per heavy atom. The first kappa shape index (κ1) is 14.3. The molecular formula is C14H18ClNO3. The number of morpholine rings is 1. The first-order chi connectivity index (χ1) is 9.11. The van der Waals surface area contributed by atoms with Crippen molar-refractivity contribution in [2.24, 2.45) is 0 Å². The van der Waals surface area contributed by atoms with Crippen molar-refractivity contribution >= 4 is 17.6 Å². The van der Waals surface area contributed by atoms with Crippen LogP contribution in [0.2, 0.25) is 5.02 Å². The molecule has 1 saturated heterocycles. The molecule has 0 aromatic heterocycles. The first-order valence-corrected chi connectivity index (χ1v) is 6.83. The van der Waals surface area contributed by atoms with Crippen molar-refractivity contribution in [1.82, 2.24) is 4.90 Å². The summed E-state index contributed by atoms with van der Waals surface area (Å²) in [5, 5.41) is 9.89. The molecule has 0 radical (unpaired) electrons. The first-order valence-electron chi connectivity index (χ1n) is 6.45. The highest BCUT2D eigenvalue weighted by Gasteiger charge is 2.30. The van der Waals surface area contributed by atoms with E-state index in [0.717, 1.165) is 5.56 Å². The predicted molar refractivity (Wildman–Crippen MR) is 73.4 cm³/mol. The molecule has 1 aromatic carbocycles. The lowest BCUT2D eigenvalue weighted by molar-refractivity contribution is -0.147. The lowest BCUT2D eigenvalue weighted by Gasteiger charge is -2.36.